The lowest BCUT2D eigenvalue weighted by Crippen LogP contribution is -2.52. The fourth-order valence-electron chi connectivity index (χ4n) is 3.68. The molecule has 0 aromatic heterocycles. The number of hydrogen-bond donors (Lipinski definition) is 0. The number of sulfone groups is 1. The van der Waals surface area contributed by atoms with Gasteiger partial charge in [-0.3, -0.25) is 9.69 Å². The third-order valence-electron chi connectivity index (χ3n) is 4.88. The van der Waals surface area contributed by atoms with Crippen LogP contribution in [0, 0.1) is 5.92 Å². The van der Waals surface area contributed by atoms with Gasteiger partial charge in [0, 0.05) is 18.8 Å². The highest BCUT2D eigenvalue weighted by atomic mass is 32.2. The zero-order chi connectivity index (χ0) is 16.4. The molecule has 0 radical (unpaired) electrons. The third kappa shape index (κ3) is 3.75. The van der Waals surface area contributed by atoms with E-state index in [9.17, 15) is 13.2 Å². The van der Waals surface area contributed by atoms with E-state index >= 15 is 0 Å². The zero-order valence-electron chi connectivity index (χ0n) is 13.5. The van der Waals surface area contributed by atoms with Crippen LogP contribution >= 0.6 is 0 Å². The van der Waals surface area contributed by atoms with Crippen molar-refractivity contribution >= 4 is 21.4 Å². The molecule has 2 aliphatic rings. The predicted molar refractivity (Wildman–Crippen MR) is 91.2 cm³/mol. The maximum Gasteiger partial charge on any atom is 0.244 e. The summed E-state index contributed by atoms with van der Waals surface area (Å²) in [6.07, 6.45) is 2.53. The average molecular weight is 336 g/mol. The normalized spacial score (nSPS) is 27.6. The highest BCUT2D eigenvalue weighted by Gasteiger charge is 2.35. The van der Waals surface area contributed by atoms with Crippen LogP contribution in [0.4, 0.5) is 5.69 Å². The smallest absolute Gasteiger partial charge is 0.244 e. The molecule has 1 aromatic rings. The Morgan fingerprint density at radius 1 is 1.22 bits per heavy atom. The van der Waals surface area contributed by atoms with Crippen LogP contribution in [0.1, 0.15) is 19.3 Å². The number of anilines is 1. The van der Waals surface area contributed by atoms with E-state index in [-0.39, 0.29) is 23.6 Å². The number of carbonyl (C=O) groups is 1. The molecular weight excluding hydrogens is 312 g/mol. The minimum absolute atomic E-state index is 0.130. The van der Waals surface area contributed by atoms with E-state index in [2.05, 4.69) is 4.90 Å². The van der Waals surface area contributed by atoms with Crippen LogP contribution in [0.15, 0.2) is 30.3 Å². The van der Waals surface area contributed by atoms with Crippen molar-refractivity contribution < 1.29 is 13.2 Å². The fourth-order valence-corrected chi connectivity index (χ4v) is 5.53. The minimum atomic E-state index is -2.86. The molecular formula is C17H24N2O3S. The van der Waals surface area contributed by atoms with Crippen molar-refractivity contribution in [3.05, 3.63) is 30.3 Å². The lowest BCUT2D eigenvalue weighted by Gasteiger charge is -2.37. The van der Waals surface area contributed by atoms with E-state index in [4.69, 9.17) is 0 Å². The van der Waals surface area contributed by atoms with E-state index < -0.39 is 9.84 Å². The molecule has 5 nitrogen and oxygen atoms in total. The van der Waals surface area contributed by atoms with Gasteiger partial charge in [-0.2, -0.15) is 0 Å². The van der Waals surface area contributed by atoms with Crippen molar-refractivity contribution in [2.24, 2.45) is 5.92 Å². The summed E-state index contributed by atoms with van der Waals surface area (Å²) in [6.45, 7) is 1.43. The van der Waals surface area contributed by atoms with Crippen LogP contribution in [-0.4, -0.2) is 56.9 Å². The van der Waals surface area contributed by atoms with Gasteiger partial charge in [-0.25, -0.2) is 8.42 Å². The Kier molecular flexibility index (Phi) is 4.73. The summed E-state index contributed by atoms with van der Waals surface area (Å²) in [5.74, 6) is 0.844. The summed E-state index contributed by atoms with van der Waals surface area (Å²) < 4.78 is 23.2. The quantitative estimate of drug-likeness (QED) is 0.837. The molecule has 1 aromatic carbocycles. The topological polar surface area (TPSA) is 57.7 Å². The van der Waals surface area contributed by atoms with E-state index in [0.717, 1.165) is 31.5 Å². The molecule has 2 aliphatic heterocycles. The van der Waals surface area contributed by atoms with Gasteiger partial charge in [-0.15, -0.1) is 0 Å². The molecule has 2 saturated heterocycles. The second kappa shape index (κ2) is 6.61. The van der Waals surface area contributed by atoms with Crippen molar-refractivity contribution in [2.75, 3.05) is 36.5 Å². The molecule has 1 amide bonds. The first-order valence-electron chi connectivity index (χ1n) is 8.23. The van der Waals surface area contributed by atoms with E-state index in [1.165, 1.54) is 0 Å². The lowest BCUT2D eigenvalue weighted by molar-refractivity contribution is -0.125. The van der Waals surface area contributed by atoms with Gasteiger partial charge in [-0.1, -0.05) is 18.2 Å². The van der Waals surface area contributed by atoms with Gasteiger partial charge < -0.3 is 4.90 Å². The standard InChI is InChI=1S/C17H24N2O3S/c1-18(12-14-9-11-23(21,22)13-14)16-8-5-10-19(17(16)20)15-6-3-2-4-7-15/h2-4,6-7,14,16H,5,8-13H2,1H3/t14-,16-/m1/s1. The number of likely N-dealkylation sites (N-methyl/N-ethyl adjacent to an activating group) is 1. The van der Waals surface area contributed by atoms with E-state index in [0.29, 0.717) is 12.3 Å². The van der Waals surface area contributed by atoms with Crippen LogP contribution in [0.5, 0.6) is 0 Å². The van der Waals surface area contributed by atoms with Crippen molar-refractivity contribution in [1.29, 1.82) is 0 Å². The number of benzene rings is 1. The first-order valence-corrected chi connectivity index (χ1v) is 10.1. The minimum Gasteiger partial charge on any atom is -0.311 e. The second-order valence-electron chi connectivity index (χ2n) is 6.69. The average Bonchev–Trinajstić information content (AvgIpc) is 2.87. The van der Waals surface area contributed by atoms with Gasteiger partial charge >= 0.3 is 0 Å². The molecule has 3 rings (SSSR count). The molecule has 0 unspecified atom stereocenters. The summed E-state index contributed by atoms with van der Waals surface area (Å²) in [7, 11) is -0.915. The Morgan fingerprint density at radius 2 is 1.96 bits per heavy atom. The van der Waals surface area contributed by atoms with E-state index in [1.54, 1.807) is 0 Å². The summed E-state index contributed by atoms with van der Waals surface area (Å²) in [6, 6.07) is 9.61. The molecule has 0 aliphatic carbocycles. The van der Waals surface area contributed by atoms with Gasteiger partial charge in [0.05, 0.1) is 17.5 Å². The molecule has 0 spiro atoms. The highest BCUT2D eigenvalue weighted by Crippen LogP contribution is 2.25. The fraction of sp³-hybridized carbons (Fsp3) is 0.588. The van der Waals surface area contributed by atoms with Crippen LogP contribution in [0.25, 0.3) is 0 Å². The largest absolute Gasteiger partial charge is 0.311 e. The molecule has 2 atom stereocenters. The van der Waals surface area contributed by atoms with Crippen molar-refractivity contribution in [1.82, 2.24) is 4.90 Å². The molecule has 6 heteroatoms. The number of nitrogens with zero attached hydrogens (tertiary/aromatic N) is 2. The number of carbonyl (C=O) groups excluding carboxylic acids is 1. The zero-order valence-corrected chi connectivity index (χ0v) is 14.3. The van der Waals surface area contributed by atoms with Crippen LogP contribution in [0.3, 0.4) is 0 Å². The first-order chi connectivity index (χ1) is 11.0. The predicted octanol–water partition coefficient (Wildman–Crippen LogP) is 1.55. The maximum absolute atomic E-state index is 12.8. The summed E-state index contributed by atoms with van der Waals surface area (Å²) >= 11 is 0. The molecule has 23 heavy (non-hydrogen) atoms. The van der Waals surface area contributed by atoms with E-state index in [1.807, 2.05) is 42.3 Å². The molecule has 2 fully saturated rings. The lowest BCUT2D eigenvalue weighted by atomic mass is 10.0. The SMILES string of the molecule is CN(C[C@H]1CCS(=O)(=O)C1)[C@@H]1CCCN(c2ccccc2)C1=O. The number of piperidine rings is 1. The Labute approximate surface area is 138 Å². The van der Waals surface area contributed by atoms with Crippen LogP contribution < -0.4 is 4.90 Å². The monoisotopic (exact) mass is 336 g/mol. The van der Waals surface area contributed by atoms with Crippen molar-refractivity contribution in [2.45, 2.75) is 25.3 Å². The summed E-state index contributed by atoms with van der Waals surface area (Å²) in [4.78, 5) is 16.8. The molecule has 2 heterocycles. The number of hydrogen-bond acceptors (Lipinski definition) is 4. The third-order valence-corrected chi connectivity index (χ3v) is 6.72. The van der Waals surface area contributed by atoms with Gasteiger partial charge in [0.15, 0.2) is 9.84 Å². The van der Waals surface area contributed by atoms with Gasteiger partial charge in [0.2, 0.25) is 5.91 Å². The van der Waals surface area contributed by atoms with Gasteiger partial charge in [-0.05, 0) is 44.4 Å². The Bertz CT molecular complexity index is 660. The summed E-state index contributed by atoms with van der Waals surface area (Å²) in [5.41, 5.74) is 0.944. The van der Waals surface area contributed by atoms with Crippen molar-refractivity contribution in [3.8, 4) is 0 Å². The van der Waals surface area contributed by atoms with Crippen LogP contribution in [0.2, 0.25) is 0 Å². The Morgan fingerprint density at radius 3 is 2.61 bits per heavy atom. The molecule has 0 saturated carbocycles. The highest BCUT2D eigenvalue weighted by molar-refractivity contribution is 7.91. The Balaban J connectivity index is 1.66. The number of amides is 1. The summed E-state index contributed by atoms with van der Waals surface area (Å²) in [5, 5.41) is 0. The Hall–Kier alpha value is -1.40. The first kappa shape index (κ1) is 16.5. The number of rotatable bonds is 4. The second-order valence-corrected chi connectivity index (χ2v) is 8.92. The van der Waals surface area contributed by atoms with Crippen molar-refractivity contribution in [3.63, 3.8) is 0 Å². The maximum atomic E-state index is 12.8. The van der Waals surface area contributed by atoms with Gasteiger partial charge in [0.1, 0.15) is 0 Å². The van der Waals surface area contributed by atoms with Crippen LogP contribution in [-0.2, 0) is 14.6 Å². The molecule has 0 N–H and O–H groups in total. The van der Waals surface area contributed by atoms with Gasteiger partial charge in [0.25, 0.3) is 0 Å². The molecule has 0 bridgehead atoms. The number of para-hydroxylation sites is 1. The molecule has 126 valence electrons.